The van der Waals surface area contributed by atoms with Gasteiger partial charge in [0.1, 0.15) is 0 Å². The number of carbonyl (C=O) groups is 2. The molecular formula is C15H28N2O4. The van der Waals surface area contributed by atoms with Crippen LogP contribution in [-0.4, -0.2) is 59.3 Å². The molecule has 0 bridgehead atoms. The molecule has 0 aromatic carbocycles. The Kier molecular flexibility index (Phi) is 11.5. The fourth-order valence-electron chi connectivity index (χ4n) is 1.96. The molecule has 6 nitrogen and oxygen atoms in total. The lowest BCUT2D eigenvalue weighted by Crippen LogP contribution is -2.40. The van der Waals surface area contributed by atoms with Gasteiger partial charge in [-0.25, -0.2) is 0 Å². The molecule has 0 rings (SSSR count). The minimum Gasteiger partial charge on any atom is -0.480 e. The Bertz CT molecular complexity index is 330. The van der Waals surface area contributed by atoms with E-state index in [1.165, 1.54) is 0 Å². The van der Waals surface area contributed by atoms with E-state index in [9.17, 15) is 14.7 Å². The van der Waals surface area contributed by atoms with Crippen LogP contribution in [0.5, 0.6) is 0 Å². The first-order valence-corrected chi connectivity index (χ1v) is 7.45. The molecule has 0 saturated heterocycles. The second kappa shape index (κ2) is 12.3. The van der Waals surface area contributed by atoms with Crippen molar-refractivity contribution in [1.29, 1.82) is 0 Å². The Morgan fingerprint density at radius 1 is 1.33 bits per heavy atom. The molecule has 0 aliphatic rings. The molecule has 122 valence electrons. The maximum Gasteiger partial charge on any atom is 0.317 e. The first-order valence-electron chi connectivity index (χ1n) is 7.45. The molecular weight excluding hydrogens is 272 g/mol. The SMILES string of the molecule is C/C=C/CCCCC(=O)NCCN(CC(=O)O)CC(C)O. The van der Waals surface area contributed by atoms with E-state index in [4.69, 9.17) is 5.11 Å². The third-order valence-corrected chi connectivity index (χ3v) is 2.89. The summed E-state index contributed by atoms with van der Waals surface area (Å²) in [7, 11) is 0. The minimum atomic E-state index is -0.939. The van der Waals surface area contributed by atoms with Gasteiger partial charge < -0.3 is 15.5 Å². The third-order valence-electron chi connectivity index (χ3n) is 2.89. The quantitative estimate of drug-likeness (QED) is 0.370. The molecule has 1 amide bonds. The van der Waals surface area contributed by atoms with Gasteiger partial charge in [0.05, 0.1) is 12.6 Å². The maximum absolute atomic E-state index is 11.6. The van der Waals surface area contributed by atoms with Crippen LogP contribution in [-0.2, 0) is 9.59 Å². The van der Waals surface area contributed by atoms with Gasteiger partial charge in [0.25, 0.3) is 0 Å². The normalized spacial score (nSPS) is 12.8. The van der Waals surface area contributed by atoms with Crippen LogP contribution in [0.2, 0.25) is 0 Å². The molecule has 0 saturated carbocycles. The number of rotatable bonds is 12. The number of amides is 1. The van der Waals surface area contributed by atoms with Crippen LogP contribution >= 0.6 is 0 Å². The summed E-state index contributed by atoms with van der Waals surface area (Å²) in [6.45, 7) is 4.55. The third kappa shape index (κ3) is 13.3. The molecule has 0 aromatic rings. The van der Waals surface area contributed by atoms with E-state index in [0.29, 0.717) is 19.5 Å². The maximum atomic E-state index is 11.6. The van der Waals surface area contributed by atoms with Gasteiger partial charge in [0, 0.05) is 26.1 Å². The van der Waals surface area contributed by atoms with E-state index >= 15 is 0 Å². The number of nitrogens with one attached hydrogen (secondary N) is 1. The largest absolute Gasteiger partial charge is 0.480 e. The summed E-state index contributed by atoms with van der Waals surface area (Å²) in [5.74, 6) is -0.950. The van der Waals surface area contributed by atoms with E-state index in [-0.39, 0.29) is 19.0 Å². The number of carbonyl (C=O) groups excluding carboxylic acids is 1. The molecule has 0 spiro atoms. The van der Waals surface area contributed by atoms with Gasteiger partial charge in [-0.1, -0.05) is 12.2 Å². The molecule has 6 heteroatoms. The summed E-state index contributed by atoms with van der Waals surface area (Å²) in [6, 6.07) is 0. The number of aliphatic hydroxyl groups is 1. The van der Waals surface area contributed by atoms with E-state index < -0.39 is 12.1 Å². The molecule has 0 radical (unpaired) electrons. The number of nitrogens with zero attached hydrogens (tertiary/aromatic N) is 1. The second-order valence-corrected chi connectivity index (χ2v) is 5.14. The monoisotopic (exact) mass is 300 g/mol. The number of aliphatic carboxylic acids is 1. The van der Waals surface area contributed by atoms with Crippen LogP contribution in [0, 0.1) is 0 Å². The molecule has 0 aliphatic heterocycles. The van der Waals surface area contributed by atoms with Gasteiger partial charge in [-0.3, -0.25) is 14.5 Å². The molecule has 1 unspecified atom stereocenters. The zero-order chi connectivity index (χ0) is 16.1. The Morgan fingerprint density at radius 2 is 2.05 bits per heavy atom. The fourth-order valence-corrected chi connectivity index (χ4v) is 1.96. The lowest BCUT2D eigenvalue weighted by molar-refractivity contribution is -0.138. The smallest absolute Gasteiger partial charge is 0.317 e. The van der Waals surface area contributed by atoms with Gasteiger partial charge in [-0.2, -0.15) is 0 Å². The van der Waals surface area contributed by atoms with Crippen LogP contribution in [0.25, 0.3) is 0 Å². The summed E-state index contributed by atoms with van der Waals surface area (Å²) in [5, 5.41) is 20.9. The summed E-state index contributed by atoms with van der Waals surface area (Å²) < 4.78 is 0. The Labute approximate surface area is 126 Å². The summed E-state index contributed by atoms with van der Waals surface area (Å²) in [4.78, 5) is 23.9. The zero-order valence-electron chi connectivity index (χ0n) is 13.0. The van der Waals surface area contributed by atoms with Crippen molar-refractivity contribution in [3.05, 3.63) is 12.2 Å². The predicted octanol–water partition coefficient (Wildman–Crippen LogP) is 1.01. The van der Waals surface area contributed by atoms with Crippen molar-refractivity contribution in [1.82, 2.24) is 10.2 Å². The Balaban J connectivity index is 3.80. The van der Waals surface area contributed by atoms with Crippen molar-refractivity contribution >= 4 is 11.9 Å². The van der Waals surface area contributed by atoms with E-state index in [0.717, 1.165) is 19.3 Å². The second-order valence-electron chi connectivity index (χ2n) is 5.14. The topological polar surface area (TPSA) is 89.9 Å². The fraction of sp³-hybridized carbons (Fsp3) is 0.733. The number of aliphatic hydroxyl groups excluding tert-OH is 1. The van der Waals surface area contributed by atoms with Crippen molar-refractivity contribution in [3.63, 3.8) is 0 Å². The molecule has 1 atom stereocenters. The van der Waals surface area contributed by atoms with Gasteiger partial charge in [0.15, 0.2) is 0 Å². The van der Waals surface area contributed by atoms with Crippen molar-refractivity contribution in [2.75, 3.05) is 26.2 Å². The lowest BCUT2D eigenvalue weighted by atomic mass is 10.2. The molecule has 3 N–H and O–H groups in total. The highest BCUT2D eigenvalue weighted by Gasteiger charge is 2.12. The van der Waals surface area contributed by atoms with Crippen molar-refractivity contribution < 1.29 is 19.8 Å². The first kappa shape index (κ1) is 19.6. The van der Waals surface area contributed by atoms with Crippen LogP contribution in [0.4, 0.5) is 0 Å². The average Bonchev–Trinajstić information content (AvgIpc) is 2.37. The Hall–Kier alpha value is -1.40. The lowest BCUT2D eigenvalue weighted by Gasteiger charge is -2.21. The predicted molar refractivity (Wildman–Crippen MR) is 82.0 cm³/mol. The molecule has 21 heavy (non-hydrogen) atoms. The average molecular weight is 300 g/mol. The van der Waals surface area contributed by atoms with Crippen molar-refractivity contribution in [2.45, 2.75) is 45.6 Å². The van der Waals surface area contributed by atoms with E-state index in [1.807, 2.05) is 13.0 Å². The highest BCUT2D eigenvalue weighted by molar-refractivity contribution is 5.75. The summed E-state index contributed by atoms with van der Waals surface area (Å²) in [6.07, 6.45) is 6.81. The highest BCUT2D eigenvalue weighted by Crippen LogP contribution is 2.00. The van der Waals surface area contributed by atoms with Crippen LogP contribution in [0.3, 0.4) is 0 Å². The Morgan fingerprint density at radius 3 is 2.62 bits per heavy atom. The van der Waals surface area contributed by atoms with Crippen molar-refractivity contribution in [2.24, 2.45) is 0 Å². The van der Waals surface area contributed by atoms with Gasteiger partial charge in [0.2, 0.25) is 5.91 Å². The van der Waals surface area contributed by atoms with Gasteiger partial charge in [-0.05, 0) is 33.1 Å². The first-order chi connectivity index (χ1) is 9.95. The highest BCUT2D eigenvalue weighted by atomic mass is 16.4. The standard InChI is InChI=1S/C15H28N2O4/c1-3-4-5-6-7-8-14(19)16-9-10-17(11-13(2)18)12-15(20)21/h3-4,13,18H,5-12H2,1-2H3,(H,16,19)(H,20,21)/b4-3+. The number of allylic oxidation sites excluding steroid dienone is 2. The van der Waals surface area contributed by atoms with Crippen LogP contribution < -0.4 is 5.32 Å². The van der Waals surface area contributed by atoms with E-state index in [1.54, 1.807) is 11.8 Å². The number of hydrogen-bond donors (Lipinski definition) is 3. The van der Waals surface area contributed by atoms with Crippen LogP contribution in [0.15, 0.2) is 12.2 Å². The summed E-state index contributed by atoms with van der Waals surface area (Å²) in [5.41, 5.74) is 0. The number of carboxylic acids is 1. The van der Waals surface area contributed by atoms with Crippen LogP contribution in [0.1, 0.15) is 39.5 Å². The van der Waals surface area contributed by atoms with Gasteiger partial charge >= 0.3 is 5.97 Å². The number of hydrogen-bond acceptors (Lipinski definition) is 4. The number of carboxylic acid groups (broad SMARTS) is 1. The molecule has 0 heterocycles. The molecule has 0 aliphatic carbocycles. The van der Waals surface area contributed by atoms with Crippen molar-refractivity contribution in [3.8, 4) is 0 Å². The molecule has 0 fully saturated rings. The molecule has 0 aromatic heterocycles. The summed E-state index contributed by atoms with van der Waals surface area (Å²) >= 11 is 0. The minimum absolute atomic E-state index is 0.0113. The van der Waals surface area contributed by atoms with Gasteiger partial charge in [-0.15, -0.1) is 0 Å². The van der Waals surface area contributed by atoms with E-state index in [2.05, 4.69) is 11.4 Å². The number of unbranched alkanes of at least 4 members (excludes halogenated alkanes) is 2. The zero-order valence-corrected chi connectivity index (χ0v) is 13.0.